The van der Waals surface area contributed by atoms with Gasteiger partial charge in [0.2, 0.25) is 5.95 Å². The van der Waals surface area contributed by atoms with Crippen LogP contribution in [0.5, 0.6) is 0 Å². The lowest BCUT2D eigenvalue weighted by Gasteiger charge is -2.10. The number of aromatic nitrogens is 2. The van der Waals surface area contributed by atoms with Crippen molar-refractivity contribution < 1.29 is 0 Å². The van der Waals surface area contributed by atoms with Crippen LogP contribution in [0, 0.1) is 5.92 Å². The first kappa shape index (κ1) is 11.7. The van der Waals surface area contributed by atoms with Gasteiger partial charge >= 0.3 is 0 Å². The predicted octanol–water partition coefficient (Wildman–Crippen LogP) is 2.61. The van der Waals surface area contributed by atoms with Crippen LogP contribution in [0.2, 0.25) is 0 Å². The van der Waals surface area contributed by atoms with Gasteiger partial charge in [-0.1, -0.05) is 22.9 Å². The molecule has 3 rings (SSSR count). The van der Waals surface area contributed by atoms with Crippen LogP contribution >= 0.6 is 15.9 Å². The monoisotopic (exact) mass is 307 g/mol. The second-order valence-electron chi connectivity index (χ2n) is 4.83. The van der Waals surface area contributed by atoms with Crippen molar-refractivity contribution in [3.05, 3.63) is 33.0 Å². The first-order valence-corrected chi connectivity index (χ1v) is 6.88. The molecule has 2 heterocycles. The number of anilines is 1. The fourth-order valence-corrected chi connectivity index (χ4v) is 2.60. The molecule has 1 unspecified atom stereocenters. The van der Waals surface area contributed by atoms with Gasteiger partial charge in [-0.25, -0.2) is 4.98 Å². The normalized spacial score (nSPS) is 19.1. The van der Waals surface area contributed by atoms with E-state index in [9.17, 15) is 4.79 Å². The van der Waals surface area contributed by atoms with Gasteiger partial charge in [0, 0.05) is 17.6 Å². The molecule has 1 atom stereocenters. The topological polar surface area (TPSA) is 46.9 Å². The highest BCUT2D eigenvalue weighted by Gasteiger charge is 2.16. The Balaban J connectivity index is 2.26. The molecule has 0 spiro atoms. The van der Waals surface area contributed by atoms with Crippen LogP contribution in [-0.4, -0.2) is 16.1 Å². The summed E-state index contributed by atoms with van der Waals surface area (Å²) in [5, 5.41) is 3.94. The molecular weight excluding hydrogens is 294 g/mol. The Morgan fingerprint density at radius 2 is 2.33 bits per heavy atom. The Labute approximate surface area is 113 Å². The fraction of sp³-hybridized carbons (Fsp3) is 0.385. The molecule has 0 aliphatic carbocycles. The molecule has 1 aromatic carbocycles. The molecule has 1 aliphatic rings. The van der Waals surface area contributed by atoms with Crippen molar-refractivity contribution >= 4 is 32.8 Å². The summed E-state index contributed by atoms with van der Waals surface area (Å²) in [4.78, 5) is 17.0. The quantitative estimate of drug-likeness (QED) is 0.814. The third-order valence-electron chi connectivity index (χ3n) is 3.37. The number of nitrogens with one attached hydrogen (secondary N) is 1. The number of hydrogen-bond donors (Lipinski definition) is 1. The minimum atomic E-state index is 0.0455. The standard InChI is InChI=1S/C13H14BrN3O/c1-8-4-5-17-12(18)10-3-2-9(14)6-11(10)16-13(17)15-7-8/h2-3,6,8H,4-5,7H2,1H3,(H,15,16). The molecule has 0 radical (unpaired) electrons. The van der Waals surface area contributed by atoms with Gasteiger partial charge in [-0.2, -0.15) is 0 Å². The minimum Gasteiger partial charge on any atom is -0.355 e. The maximum absolute atomic E-state index is 12.4. The molecule has 1 aromatic heterocycles. The largest absolute Gasteiger partial charge is 0.355 e. The lowest BCUT2D eigenvalue weighted by molar-refractivity contribution is 0.519. The SMILES string of the molecule is CC1CCn2c(nc3cc(Br)ccc3c2=O)NC1. The van der Waals surface area contributed by atoms with E-state index in [4.69, 9.17) is 0 Å². The molecule has 0 fully saturated rings. The van der Waals surface area contributed by atoms with E-state index in [2.05, 4.69) is 33.2 Å². The van der Waals surface area contributed by atoms with Crippen LogP contribution in [0.1, 0.15) is 13.3 Å². The maximum atomic E-state index is 12.4. The van der Waals surface area contributed by atoms with Gasteiger partial charge < -0.3 is 5.32 Å². The lowest BCUT2D eigenvalue weighted by atomic mass is 10.1. The zero-order chi connectivity index (χ0) is 12.7. The van der Waals surface area contributed by atoms with E-state index in [-0.39, 0.29) is 5.56 Å². The van der Waals surface area contributed by atoms with Crippen LogP contribution in [0.3, 0.4) is 0 Å². The highest BCUT2D eigenvalue weighted by atomic mass is 79.9. The van der Waals surface area contributed by atoms with Crippen molar-refractivity contribution in [1.29, 1.82) is 0 Å². The van der Waals surface area contributed by atoms with Gasteiger partial charge in [0.1, 0.15) is 0 Å². The molecule has 0 saturated carbocycles. The average molecular weight is 308 g/mol. The fourth-order valence-electron chi connectivity index (χ4n) is 2.25. The van der Waals surface area contributed by atoms with Crippen molar-refractivity contribution in [3.8, 4) is 0 Å². The van der Waals surface area contributed by atoms with Crippen LogP contribution in [0.4, 0.5) is 5.95 Å². The van der Waals surface area contributed by atoms with E-state index < -0.39 is 0 Å². The first-order chi connectivity index (χ1) is 8.65. The molecule has 5 heteroatoms. The first-order valence-electron chi connectivity index (χ1n) is 6.09. The molecule has 94 valence electrons. The maximum Gasteiger partial charge on any atom is 0.262 e. The number of hydrogen-bond acceptors (Lipinski definition) is 3. The second-order valence-corrected chi connectivity index (χ2v) is 5.74. The predicted molar refractivity (Wildman–Crippen MR) is 76.0 cm³/mol. The Bertz CT molecular complexity index is 665. The molecular formula is C13H14BrN3O. The summed E-state index contributed by atoms with van der Waals surface area (Å²) in [5.74, 6) is 1.25. The smallest absolute Gasteiger partial charge is 0.262 e. The van der Waals surface area contributed by atoms with Gasteiger partial charge in [-0.05, 0) is 30.5 Å². The third-order valence-corrected chi connectivity index (χ3v) is 3.86. The zero-order valence-electron chi connectivity index (χ0n) is 10.1. The van der Waals surface area contributed by atoms with Crippen LogP contribution in [-0.2, 0) is 6.54 Å². The van der Waals surface area contributed by atoms with Crippen molar-refractivity contribution in [2.45, 2.75) is 19.9 Å². The summed E-state index contributed by atoms with van der Waals surface area (Å²) in [7, 11) is 0. The average Bonchev–Trinajstić information content (AvgIpc) is 2.52. The number of benzene rings is 1. The molecule has 1 N–H and O–H groups in total. The molecule has 18 heavy (non-hydrogen) atoms. The van der Waals surface area contributed by atoms with Crippen molar-refractivity contribution in [2.24, 2.45) is 5.92 Å². The summed E-state index contributed by atoms with van der Waals surface area (Å²) >= 11 is 3.41. The molecule has 0 saturated heterocycles. The van der Waals surface area contributed by atoms with E-state index >= 15 is 0 Å². The Morgan fingerprint density at radius 3 is 3.17 bits per heavy atom. The summed E-state index contributed by atoms with van der Waals surface area (Å²) < 4.78 is 2.69. The molecule has 0 amide bonds. The Morgan fingerprint density at radius 1 is 1.50 bits per heavy atom. The highest BCUT2D eigenvalue weighted by Crippen LogP contribution is 2.19. The van der Waals surface area contributed by atoms with Crippen LogP contribution in [0.25, 0.3) is 10.9 Å². The van der Waals surface area contributed by atoms with Crippen LogP contribution < -0.4 is 10.9 Å². The van der Waals surface area contributed by atoms with E-state index in [1.807, 2.05) is 18.2 Å². The van der Waals surface area contributed by atoms with E-state index in [0.717, 1.165) is 29.5 Å². The third kappa shape index (κ3) is 1.92. The minimum absolute atomic E-state index is 0.0455. The van der Waals surface area contributed by atoms with Crippen LogP contribution in [0.15, 0.2) is 27.5 Å². The van der Waals surface area contributed by atoms with Gasteiger partial charge in [0.15, 0.2) is 0 Å². The molecule has 4 nitrogen and oxygen atoms in total. The summed E-state index contributed by atoms with van der Waals surface area (Å²) in [5.41, 5.74) is 0.784. The molecule has 1 aliphatic heterocycles. The number of halogens is 1. The van der Waals surface area contributed by atoms with E-state index in [0.29, 0.717) is 17.3 Å². The van der Waals surface area contributed by atoms with Gasteiger partial charge in [-0.3, -0.25) is 9.36 Å². The number of nitrogens with zero attached hydrogens (tertiary/aromatic N) is 2. The van der Waals surface area contributed by atoms with Gasteiger partial charge in [0.05, 0.1) is 10.9 Å². The van der Waals surface area contributed by atoms with E-state index in [1.165, 1.54) is 0 Å². The summed E-state index contributed by atoms with van der Waals surface area (Å²) in [6.45, 7) is 3.79. The van der Waals surface area contributed by atoms with Crippen molar-refractivity contribution in [2.75, 3.05) is 11.9 Å². The molecule has 2 aromatic rings. The number of rotatable bonds is 0. The summed E-state index contributed by atoms with van der Waals surface area (Å²) in [6.07, 6.45) is 1.00. The van der Waals surface area contributed by atoms with Crippen molar-refractivity contribution in [3.63, 3.8) is 0 Å². The highest BCUT2D eigenvalue weighted by molar-refractivity contribution is 9.10. The van der Waals surface area contributed by atoms with E-state index in [1.54, 1.807) is 4.57 Å². The molecule has 0 bridgehead atoms. The van der Waals surface area contributed by atoms with Gasteiger partial charge in [0.25, 0.3) is 5.56 Å². The summed E-state index contributed by atoms with van der Waals surface area (Å²) in [6, 6.07) is 5.59. The Kier molecular flexibility index (Phi) is 2.86. The second kappa shape index (κ2) is 4.39. The van der Waals surface area contributed by atoms with Crippen molar-refractivity contribution in [1.82, 2.24) is 9.55 Å². The van der Waals surface area contributed by atoms with Gasteiger partial charge in [-0.15, -0.1) is 0 Å². The lowest BCUT2D eigenvalue weighted by Crippen LogP contribution is -2.23. The zero-order valence-corrected chi connectivity index (χ0v) is 11.7. The number of fused-ring (bicyclic) bond motifs is 2. The Hall–Kier alpha value is -1.36.